The summed E-state index contributed by atoms with van der Waals surface area (Å²) in [6, 6.07) is 6.06. The number of alkyl halides is 3. The number of para-hydroxylation sites is 1. The van der Waals surface area contributed by atoms with Gasteiger partial charge in [0.05, 0.1) is 11.3 Å². The molecule has 1 aromatic carbocycles. The third kappa shape index (κ3) is 6.00. The van der Waals surface area contributed by atoms with Gasteiger partial charge in [0.15, 0.2) is 0 Å². The predicted molar refractivity (Wildman–Crippen MR) is 80.5 cm³/mol. The van der Waals surface area contributed by atoms with E-state index in [1.807, 2.05) is 0 Å². The first-order valence-corrected chi connectivity index (χ1v) is 6.81. The van der Waals surface area contributed by atoms with Crippen molar-refractivity contribution < 1.29 is 22.8 Å². The molecular formula is C15H15F3N4O2. The Bertz CT molecular complexity index is 678. The van der Waals surface area contributed by atoms with Crippen molar-refractivity contribution in [2.24, 2.45) is 0 Å². The van der Waals surface area contributed by atoms with E-state index in [0.717, 1.165) is 18.3 Å². The highest BCUT2D eigenvalue weighted by atomic mass is 19.4. The number of halogens is 3. The standard InChI is InChI=1S/C15H15F3N4O2/c1-10(23)21-7-6-20-9-11(8-19)14(24)22-13-5-3-2-4-12(13)15(16,17)18/h2-5,9,20H,6-7H2,1H3,(H,21,23)(H,22,24)/b11-9-. The van der Waals surface area contributed by atoms with Gasteiger partial charge in [0, 0.05) is 26.2 Å². The summed E-state index contributed by atoms with van der Waals surface area (Å²) in [5.41, 5.74) is -1.83. The zero-order valence-electron chi connectivity index (χ0n) is 12.7. The largest absolute Gasteiger partial charge is 0.418 e. The van der Waals surface area contributed by atoms with Crippen LogP contribution in [0.2, 0.25) is 0 Å². The second kappa shape index (κ2) is 8.57. The first-order valence-electron chi connectivity index (χ1n) is 6.81. The molecule has 0 bridgehead atoms. The van der Waals surface area contributed by atoms with E-state index in [9.17, 15) is 22.8 Å². The fourth-order valence-corrected chi connectivity index (χ4v) is 1.66. The first-order chi connectivity index (χ1) is 11.3. The van der Waals surface area contributed by atoms with Crippen molar-refractivity contribution in [3.8, 4) is 6.07 Å². The summed E-state index contributed by atoms with van der Waals surface area (Å²) in [4.78, 5) is 22.6. The van der Waals surface area contributed by atoms with Crippen LogP contribution in [0.15, 0.2) is 36.0 Å². The van der Waals surface area contributed by atoms with Crippen molar-refractivity contribution in [3.63, 3.8) is 0 Å². The fraction of sp³-hybridized carbons (Fsp3) is 0.267. The molecule has 0 aliphatic rings. The molecule has 3 N–H and O–H groups in total. The molecule has 1 aromatic rings. The Labute approximate surface area is 136 Å². The minimum Gasteiger partial charge on any atom is -0.388 e. The third-order valence-corrected chi connectivity index (χ3v) is 2.74. The van der Waals surface area contributed by atoms with Gasteiger partial charge in [-0.15, -0.1) is 0 Å². The number of hydrogen-bond donors (Lipinski definition) is 3. The molecule has 0 atom stereocenters. The molecule has 128 valence electrons. The SMILES string of the molecule is CC(=O)NCCN/C=C(/C#N)C(=O)Nc1ccccc1C(F)(F)F. The second-order valence-corrected chi connectivity index (χ2v) is 4.60. The van der Waals surface area contributed by atoms with Gasteiger partial charge in [-0.2, -0.15) is 18.4 Å². The van der Waals surface area contributed by atoms with E-state index >= 15 is 0 Å². The smallest absolute Gasteiger partial charge is 0.388 e. The molecule has 0 saturated heterocycles. The number of nitriles is 1. The van der Waals surface area contributed by atoms with Crippen LogP contribution in [0.1, 0.15) is 12.5 Å². The maximum absolute atomic E-state index is 12.9. The molecule has 6 nitrogen and oxygen atoms in total. The average molecular weight is 340 g/mol. The first kappa shape index (κ1) is 19.0. The van der Waals surface area contributed by atoms with Crippen LogP contribution in [0, 0.1) is 11.3 Å². The zero-order chi connectivity index (χ0) is 18.2. The fourth-order valence-electron chi connectivity index (χ4n) is 1.66. The van der Waals surface area contributed by atoms with E-state index in [2.05, 4.69) is 16.0 Å². The topological polar surface area (TPSA) is 94.0 Å². The molecule has 24 heavy (non-hydrogen) atoms. The van der Waals surface area contributed by atoms with Crippen molar-refractivity contribution >= 4 is 17.5 Å². The monoisotopic (exact) mass is 340 g/mol. The number of nitrogens with one attached hydrogen (secondary N) is 3. The Morgan fingerprint density at radius 2 is 1.92 bits per heavy atom. The molecule has 0 radical (unpaired) electrons. The van der Waals surface area contributed by atoms with Gasteiger partial charge in [-0.3, -0.25) is 9.59 Å². The van der Waals surface area contributed by atoms with Crippen LogP contribution in [0.5, 0.6) is 0 Å². The van der Waals surface area contributed by atoms with E-state index in [1.165, 1.54) is 19.1 Å². The van der Waals surface area contributed by atoms with Gasteiger partial charge in [0.25, 0.3) is 5.91 Å². The molecule has 0 aromatic heterocycles. The van der Waals surface area contributed by atoms with E-state index in [0.29, 0.717) is 0 Å². The van der Waals surface area contributed by atoms with E-state index in [4.69, 9.17) is 5.26 Å². The van der Waals surface area contributed by atoms with Gasteiger partial charge in [-0.25, -0.2) is 0 Å². The van der Waals surface area contributed by atoms with Crippen molar-refractivity contribution in [1.82, 2.24) is 10.6 Å². The summed E-state index contributed by atoms with van der Waals surface area (Å²) in [5.74, 6) is -1.20. The molecule has 0 saturated carbocycles. The maximum Gasteiger partial charge on any atom is 0.418 e. The highest BCUT2D eigenvalue weighted by molar-refractivity contribution is 6.06. The van der Waals surface area contributed by atoms with Crippen LogP contribution in [0.3, 0.4) is 0 Å². The lowest BCUT2D eigenvalue weighted by Crippen LogP contribution is -2.28. The van der Waals surface area contributed by atoms with Gasteiger partial charge in [0.1, 0.15) is 11.6 Å². The number of carbonyl (C=O) groups excluding carboxylic acids is 2. The minimum absolute atomic E-state index is 0.234. The Morgan fingerprint density at radius 3 is 2.50 bits per heavy atom. The predicted octanol–water partition coefficient (Wildman–Crippen LogP) is 1.78. The number of anilines is 1. The van der Waals surface area contributed by atoms with Gasteiger partial charge < -0.3 is 16.0 Å². The van der Waals surface area contributed by atoms with Crippen molar-refractivity contribution in [2.75, 3.05) is 18.4 Å². The molecule has 0 unspecified atom stereocenters. The third-order valence-electron chi connectivity index (χ3n) is 2.74. The molecule has 0 spiro atoms. The van der Waals surface area contributed by atoms with Crippen molar-refractivity contribution in [1.29, 1.82) is 5.26 Å². The summed E-state index contributed by atoms with van der Waals surface area (Å²) in [7, 11) is 0. The molecule has 1 rings (SSSR count). The maximum atomic E-state index is 12.9. The average Bonchev–Trinajstić information content (AvgIpc) is 2.50. The molecule has 9 heteroatoms. The minimum atomic E-state index is -4.63. The molecular weight excluding hydrogens is 325 g/mol. The lowest BCUT2D eigenvalue weighted by molar-refractivity contribution is -0.137. The van der Waals surface area contributed by atoms with Gasteiger partial charge in [-0.1, -0.05) is 12.1 Å². The number of hydrogen-bond acceptors (Lipinski definition) is 4. The highest BCUT2D eigenvalue weighted by Crippen LogP contribution is 2.34. The normalized spacial score (nSPS) is 11.4. The molecule has 0 aliphatic carbocycles. The van der Waals surface area contributed by atoms with Gasteiger partial charge >= 0.3 is 6.18 Å². The summed E-state index contributed by atoms with van der Waals surface area (Å²) < 4.78 is 38.6. The van der Waals surface area contributed by atoms with Crippen molar-refractivity contribution in [2.45, 2.75) is 13.1 Å². The highest BCUT2D eigenvalue weighted by Gasteiger charge is 2.33. The Morgan fingerprint density at radius 1 is 1.25 bits per heavy atom. The van der Waals surface area contributed by atoms with Crippen LogP contribution in [-0.2, 0) is 15.8 Å². The molecule has 0 fully saturated rings. The summed E-state index contributed by atoms with van der Waals surface area (Å²) in [6.07, 6.45) is -3.55. The molecule has 0 heterocycles. The lowest BCUT2D eigenvalue weighted by atomic mass is 10.1. The summed E-state index contributed by atoms with van der Waals surface area (Å²) in [6.45, 7) is 1.85. The number of nitrogens with zero attached hydrogens (tertiary/aromatic N) is 1. The lowest BCUT2D eigenvalue weighted by Gasteiger charge is -2.13. The second-order valence-electron chi connectivity index (χ2n) is 4.60. The van der Waals surface area contributed by atoms with Crippen LogP contribution in [0.25, 0.3) is 0 Å². The number of rotatable bonds is 6. The Hall–Kier alpha value is -3.02. The Balaban J connectivity index is 2.75. The molecule has 2 amide bonds. The Kier molecular flexibility index (Phi) is 6.79. The summed E-state index contributed by atoms with van der Waals surface area (Å²) >= 11 is 0. The summed E-state index contributed by atoms with van der Waals surface area (Å²) in [5, 5.41) is 16.1. The van der Waals surface area contributed by atoms with Gasteiger partial charge in [0.2, 0.25) is 5.91 Å². The number of benzene rings is 1. The van der Waals surface area contributed by atoms with Crippen LogP contribution in [0.4, 0.5) is 18.9 Å². The van der Waals surface area contributed by atoms with Crippen LogP contribution >= 0.6 is 0 Å². The van der Waals surface area contributed by atoms with E-state index in [1.54, 1.807) is 6.07 Å². The molecule has 0 aliphatic heterocycles. The number of amides is 2. The zero-order valence-corrected chi connectivity index (χ0v) is 12.7. The quantitative estimate of drug-likeness (QED) is 0.418. The van der Waals surface area contributed by atoms with Crippen LogP contribution in [-0.4, -0.2) is 24.9 Å². The van der Waals surface area contributed by atoms with Crippen LogP contribution < -0.4 is 16.0 Å². The van der Waals surface area contributed by atoms with E-state index in [-0.39, 0.29) is 19.0 Å². The van der Waals surface area contributed by atoms with E-state index < -0.39 is 28.9 Å². The van der Waals surface area contributed by atoms with Crippen molar-refractivity contribution in [3.05, 3.63) is 41.6 Å². The van der Waals surface area contributed by atoms with Gasteiger partial charge in [-0.05, 0) is 12.1 Å². The number of carbonyl (C=O) groups is 2.